The van der Waals surface area contributed by atoms with Gasteiger partial charge in [0.15, 0.2) is 0 Å². The Kier molecular flexibility index (Phi) is 3.71. The molecule has 6 nitrogen and oxygen atoms in total. The van der Waals surface area contributed by atoms with Crippen LogP contribution >= 0.6 is 0 Å². The number of benzene rings is 1. The first-order valence-corrected chi connectivity index (χ1v) is 8.19. The number of fused-ring (bicyclic) bond motifs is 3. The molecule has 4 rings (SSSR count). The second-order valence-electron chi connectivity index (χ2n) is 6.29. The number of nitrogens with one attached hydrogen (secondary N) is 2. The Bertz CT molecular complexity index is 793. The second kappa shape index (κ2) is 5.86. The molecule has 0 unspecified atom stereocenters. The molecule has 1 aromatic carbocycles. The highest BCUT2D eigenvalue weighted by molar-refractivity contribution is 5.87. The van der Waals surface area contributed by atoms with Gasteiger partial charge in [0.1, 0.15) is 36.7 Å². The van der Waals surface area contributed by atoms with Gasteiger partial charge in [0, 0.05) is 11.9 Å². The number of anilines is 1. The number of hydrogen-bond donors (Lipinski definition) is 3. The Balaban J connectivity index is 1.76. The average Bonchev–Trinajstić information content (AvgIpc) is 2.58. The first kappa shape index (κ1) is 14.5. The van der Waals surface area contributed by atoms with E-state index in [4.69, 9.17) is 9.15 Å². The Morgan fingerprint density at radius 3 is 2.91 bits per heavy atom. The summed E-state index contributed by atoms with van der Waals surface area (Å²) in [6.45, 7) is 4.85. The van der Waals surface area contributed by atoms with Crippen LogP contribution in [0.1, 0.15) is 17.5 Å². The molecule has 3 N–H and O–H groups in total. The van der Waals surface area contributed by atoms with Gasteiger partial charge in [-0.15, -0.1) is 0 Å². The summed E-state index contributed by atoms with van der Waals surface area (Å²) in [4.78, 5) is 13.5. The number of hydrogen-bond acceptors (Lipinski definition) is 5. The minimum absolute atomic E-state index is 0.276. The van der Waals surface area contributed by atoms with Crippen molar-refractivity contribution in [3.05, 3.63) is 33.7 Å². The molecule has 0 radical (unpaired) electrons. The lowest BCUT2D eigenvalue weighted by molar-refractivity contribution is -0.921. The topological polar surface area (TPSA) is 76.1 Å². The van der Waals surface area contributed by atoms with Crippen LogP contribution in [-0.4, -0.2) is 38.0 Å². The zero-order chi connectivity index (χ0) is 15.8. The summed E-state index contributed by atoms with van der Waals surface area (Å²) in [5, 5.41) is 14.4. The number of morpholine rings is 1. The smallest absolute Gasteiger partial charge is 0.360 e. The van der Waals surface area contributed by atoms with E-state index in [-0.39, 0.29) is 11.4 Å². The minimum Gasteiger partial charge on any atom is -0.507 e. The fourth-order valence-electron chi connectivity index (χ4n) is 3.50. The molecule has 1 saturated heterocycles. The van der Waals surface area contributed by atoms with Gasteiger partial charge in [-0.3, -0.25) is 0 Å². The monoisotopic (exact) mass is 317 g/mol. The van der Waals surface area contributed by atoms with Gasteiger partial charge < -0.3 is 24.5 Å². The molecule has 1 aromatic heterocycles. The van der Waals surface area contributed by atoms with E-state index in [0.717, 1.165) is 62.2 Å². The molecule has 0 spiro atoms. The van der Waals surface area contributed by atoms with E-state index < -0.39 is 0 Å². The zero-order valence-corrected chi connectivity index (χ0v) is 13.0. The van der Waals surface area contributed by atoms with E-state index >= 15 is 0 Å². The SMILES string of the molecule is O=c1oc2cc(C[NH+]3CCOCC3)c(O)cc2c2c1NCCC2. The van der Waals surface area contributed by atoms with Gasteiger partial charge in [-0.2, -0.15) is 0 Å². The van der Waals surface area contributed by atoms with Gasteiger partial charge >= 0.3 is 5.63 Å². The maximum atomic E-state index is 12.2. The quantitative estimate of drug-likeness (QED) is 0.693. The van der Waals surface area contributed by atoms with Crippen LogP contribution in [0.2, 0.25) is 0 Å². The molecule has 0 atom stereocenters. The normalized spacial score (nSPS) is 18.6. The standard InChI is InChI=1S/C17H20N2O4/c20-14-9-13-12-2-1-3-18-16(12)17(21)23-15(13)8-11(14)10-19-4-6-22-7-5-19/h8-9,18,20H,1-7,10H2/p+1. The van der Waals surface area contributed by atoms with Crippen LogP contribution in [0.15, 0.2) is 21.3 Å². The highest BCUT2D eigenvalue weighted by atomic mass is 16.5. The number of aromatic hydroxyl groups is 1. The second-order valence-corrected chi connectivity index (χ2v) is 6.29. The molecule has 6 heteroatoms. The molecule has 3 heterocycles. The van der Waals surface area contributed by atoms with E-state index in [1.54, 1.807) is 6.07 Å². The molecule has 0 bridgehead atoms. The maximum absolute atomic E-state index is 12.2. The summed E-state index contributed by atoms with van der Waals surface area (Å²) in [5.74, 6) is 0.276. The van der Waals surface area contributed by atoms with Gasteiger partial charge in [0.05, 0.1) is 18.8 Å². The van der Waals surface area contributed by atoms with Gasteiger partial charge in [-0.1, -0.05) is 0 Å². The molecule has 0 amide bonds. The number of phenols is 1. The van der Waals surface area contributed by atoms with E-state index in [2.05, 4.69) is 5.32 Å². The number of rotatable bonds is 2. The van der Waals surface area contributed by atoms with Crippen LogP contribution in [0.5, 0.6) is 5.75 Å². The van der Waals surface area contributed by atoms with E-state index in [9.17, 15) is 9.90 Å². The van der Waals surface area contributed by atoms with Crippen molar-refractivity contribution in [2.75, 3.05) is 38.2 Å². The molecule has 2 aromatic rings. The third-order valence-corrected chi connectivity index (χ3v) is 4.76. The highest BCUT2D eigenvalue weighted by Crippen LogP contribution is 2.31. The molecule has 0 aliphatic carbocycles. The molecular weight excluding hydrogens is 296 g/mol. The fourth-order valence-corrected chi connectivity index (χ4v) is 3.50. The molecular formula is C17H21N2O4+. The van der Waals surface area contributed by atoms with Crippen LogP contribution in [0, 0.1) is 0 Å². The summed E-state index contributed by atoms with van der Waals surface area (Å²) in [7, 11) is 0. The van der Waals surface area contributed by atoms with Gasteiger partial charge in [-0.25, -0.2) is 4.79 Å². The fraction of sp³-hybridized carbons (Fsp3) is 0.471. The lowest BCUT2D eigenvalue weighted by Gasteiger charge is -2.24. The first-order chi connectivity index (χ1) is 11.2. The maximum Gasteiger partial charge on any atom is 0.360 e. The third-order valence-electron chi connectivity index (χ3n) is 4.76. The number of aryl methyl sites for hydroxylation is 1. The summed E-state index contributed by atoms with van der Waals surface area (Å²) in [6.07, 6.45) is 1.81. The van der Waals surface area contributed by atoms with Crippen molar-refractivity contribution in [2.24, 2.45) is 0 Å². The zero-order valence-electron chi connectivity index (χ0n) is 13.0. The Morgan fingerprint density at radius 2 is 2.09 bits per heavy atom. The lowest BCUT2D eigenvalue weighted by atomic mass is 9.99. The molecule has 2 aliphatic heterocycles. The molecule has 122 valence electrons. The van der Waals surface area contributed by atoms with Gasteiger partial charge in [0.2, 0.25) is 0 Å². The van der Waals surface area contributed by atoms with Gasteiger partial charge in [0.25, 0.3) is 0 Å². The van der Waals surface area contributed by atoms with Crippen LogP contribution in [-0.2, 0) is 17.7 Å². The van der Waals surface area contributed by atoms with Crippen LogP contribution in [0.4, 0.5) is 5.69 Å². The van der Waals surface area contributed by atoms with Crippen LogP contribution in [0.25, 0.3) is 11.0 Å². The number of quaternary nitrogens is 1. The lowest BCUT2D eigenvalue weighted by Crippen LogP contribution is -3.12. The van der Waals surface area contributed by atoms with Crippen molar-refractivity contribution in [1.82, 2.24) is 0 Å². The largest absolute Gasteiger partial charge is 0.507 e. The van der Waals surface area contributed by atoms with Gasteiger partial charge in [-0.05, 0) is 30.5 Å². The summed E-state index contributed by atoms with van der Waals surface area (Å²) in [5.41, 5.74) is 2.58. The van der Waals surface area contributed by atoms with Crippen LogP contribution in [0.3, 0.4) is 0 Å². The predicted octanol–water partition coefficient (Wildman–Crippen LogP) is 0.272. The number of phenolic OH excluding ortho intramolecular Hbond substituents is 1. The summed E-state index contributed by atoms with van der Waals surface area (Å²) in [6, 6.07) is 3.57. The van der Waals surface area contributed by atoms with Crippen molar-refractivity contribution in [2.45, 2.75) is 19.4 Å². The highest BCUT2D eigenvalue weighted by Gasteiger charge is 2.21. The molecule has 2 aliphatic rings. The number of ether oxygens (including phenoxy) is 1. The van der Waals surface area contributed by atoms with Crippen molar-refractivity contribution >= 4 is 16.7 Å². The molecule has 0 saturated carbocycles. The minimum atomic E-state index is -0.317. The Morgan fingerprint density at radius 1 is 1.26 bits per heavy atom. The molecule has 1 fully saturated rings. The van der Waals surface area contributed by atoms with Crippen molar-refractivity contribution in [1.29, 1.82) is 0 Å². The summed E-state index contributed by atoms with van der Waals surface area (Å²) < 4.78 is 10.8. The van der Waals surface area contributed by atoms with E-state index in [1.165, 1.54) is 4.90 Å². The third kappa shape index (κ3) is 2.68. The first-order valence-electron chi connectivity index (χ1n) is 8.19. The summed E-state index contributed by atoms with van der Waals surface area (Å²) >= 11 is 0. The van der Waals surface area contributed by atoms with E-state index in [1.807, 2.05) is 6.07 Å². The Labute approximate surface area is 133 Å². The van der Waals surface area contributed by atoms with Crippen molar-refractivity contribution in [3.8, 4) is 5.75 Å². The predicted molar refractivity (Wildman–Crippen MR) is 86.2 cm³/mol. The molecule has 23 heavy (non-hydrogen) atoms. The Hall–Kier alpha value is -2.05. The van der Waals surface area contributed by atoms with Crippen LogP contribution < -0.4 is 15.8 Å². The average molecular weight is 317 g/mol. The van der Waals surface area contributed by atoms with E-state index in [0.29, 0.717) is 17.8 Å². The van der Waals surface area contributed by atoms with Crippen molar-refractivity contribution in [3.63, 3.8) is 0 Å². The van der Waals surface area contributed by atoms with Crippen molar-refractivity contribution < 1.29 is 19.2 Å².